The Morgan fingerprint density at radius 2 is 1.71 bits per heavy atom. The van der Waals surface area contributed by atoms with Crippen molar-refractivity contribution in [3.63, 3.8) is 0 Å². The second kappa shape index (κ2) is 7.54. The molecule has 0 unspecified atom stereocenters. The van der Waals surface area contributed by atoms with Gasteiger partial charge in [0.2, 0.25) is 10.0 Å². The monoisotopic (exact) mass is 502 g/mol. The van der Waals surface area contributed by atoms with Gasteiger partial charge in [-0.15, -0.1) is 0 Å². The third-order valence-corrected chi connectivity index (χ3v) is 7.88. The molecule has 3 heterocycles. The van der Waals surface area contributed by atoms with Crippen molar-refractivity contribution < 1.29 is 34.8 Å². The smallest absolute Gasteiger partial charge is 0.276 e. The molecule has 1 aliphatic carbocycles. The lowest BCUT2D eigenvalue weighted by Gasteiger charge is -2.44. The van der Waals surface area contributed by atoms with E-state index in [9.17, 15) is 26.0 Å². The Morgan fingerprint density at radius 1 is 1.03 bits per heavy atom. The fraction of sp³-hybridized carbons (Fsp3) is 0.333. The fourth-order valence-electron chi connectivity index (χ4n) is 4.37. The van der Waals surface area contributed by atoms with E-state index in [1.54, 1.807) is 0 Å². The van der Waals surface area contributed by atoms with E-state index in [1.165, 1.54) is 0 Å². The summed E-state index contributed by atoms with van der Waals surface area (Å²) >= 11 is 0. The standard InChI is InChI=1S/C21H16F6N4O2S/c22-13-5-3-12(4-6-13)19-20(23,24)18-15(10-29-30-18)17(11-1-2-11)31(19)34(32,33)14-7-8-16(28-9-14)21(25,26)27/h3-11,17,19H,1-2H2,(H,29,30)/t17-,19-/m0/s1. The summed E-state index contributed by atoms with van der Waals surface area (Å²) in [5.74, 6) is -4.81. The largest absolute Gasteiger partial charge is 0.433 e. The van der Waals surface area contributed by atoms with Crippen molar-refractivity contribution in [3.05, 3.63) is 77.1 Å². The Kier molecular flexibility index (Phi) is 5.06. The minimum Gasteiger partial charge on any atom is -0.276 e. The molecule has 1 saturated carbocycles. The maximum atomic E-state index is 15.8. The fourth-order valence-corrected chi connectivity index (χ4v) is 6.15. The minimum atomic E-state index is -4.81. The average molecular weight is 502 g/mol. The summed E-state index contributed by atoms with van der Waals surface area (Å²) in [4.78, 5) is 2.52. The van der Waals surface area contributed by atoms with Crippen LogP contribution in [0.15, 0.2) is 53.7 Å². The van der Waals surface area contributed by atoms with Gasteiger partial charge >= 0.3 is 12.1 Å². The van der Waals surface area contributed by atoms with Crippen LogP contribution in [0.1, 0.15) is 47.4 Å². The van der Waals surface area contributed by atoms with Crippen molar-refractivity contribution >= 4 is 10.0 Å². The highest BCUT2D eigenvalue weighted by atomic mass is 32.2. The van der Waals surface area contributed by atoms with Crippen LogP contribution in [-0.4, -0.2) is 27.9 Å². The first-order valence-electron chi connectivity index (χ1n) is 10.2. The van der Waals surface area contributed by atoms with Crippen LogP contribution in [0, 0.1) is 11.7 Å². The van der Waals surface area contributed by atoms with Gasteiger partial charge in [-0.1, -0.05) is 12.1 Å². The number of benzene rings is 1. The summed E-state index contributed by atoms with van der Waals surface area (Å²) < 4.78 is 112. The molecule has 1 aliphatic heterocycles. The molecule has 34 heavy (non-hydrogen) atoms. The first-order valence-corrected chi connectivity index (χ1v) is 11.6. The molecular weight excluding hydrogens is 486 g/mol. The van der Waals surface area contributed by atoms with E-state index in [0.29, 0.717) is 35.5 Å². The number of alkyl halides is 5. The van der Waals surface area contributed by atoms with Gasteiger partial charge in [0.05, 0.1) is 12.2 Å². The normalized spacial score (nSPS) is 23.0. The Morgan fingerprint density at radius 3 is 2.26 bits per heavy atom. The first-order chi connectivity index (χ1) is 15.9. The zero-order chi connectivity index (χ0) is 24.5. The molecule has 3 aromatic rings. The molecule has 0 bridgehead atoms. The highest BCUT2D eigenvalue weighted by Gasteiger charge is 2.61. The summed E-state index contributed by atoms with van der Waals surface area (Å²) in [6, 6.07) is 2.03. The zero-order valence-corrected chi connectivity index (χ0v) is 17.9. The number of nitrogens with zero attached hydrogens (tertiary/aromatic N) is 3. The number of halogens is 6. The molecule has 0 spiro atoms. The number of pyridine rings is 1. The lowest BCUT2D eigenvalue weighted by molar-refractivity contribution is -0.141. The number of fused-ring (bicyclic) bond motifs is 1. The predicted molar refractivity (Wildman–Crippen MR) is 105 cm³/mol. The third kappa shape index (κ3) is 3.57. The van der Waals surface area contributed by atoms with Crippen LogP contribution in [0.5, 0.6) is 0 Å². The number of hydrogen-bond donors (Lipinski definition) is 1. The predicted octanol–water partition coefficient (Wildman–Crippen LogP) is 4.95. The Labute approximate surface area is 189 Å². The van der Waals surface area contributed by atoms with Crippen molar-refractivity contribution in [2.45, 2.75) is 41.9 Å². The second-order valence-electron chi connectivity index (χ2n) is 8.27. The molecule has 2 atom stereocenters. The maximum Gasteiger partial charge on any atom is 0.433 e. The Bertz CT molecular complexity index is 1320. The number of hydrogen-bond acceptors (Lipinski definition) is 4. The summed E-state index contributed by atoms with van der Waals surface area (Å²) in [7, 11) is -4.79. The van der Waals surface area contributed by atoms with Crippen LogP contribution in [-0.2, 0) is 22.1 Å². The quantitative estimate of drug-likeness (QED) is 0.512. The summed E-state index contributed by atoms with van der Waals surface area (Å²) in [6.07, 6.45) is -2.03. The molecule has 1 fully saturated rings. The lowest BCUT2D eigenvalue weighted by Crippen LogP contribution is -2.49. The Balaban J connectivity index is 1.71. The number of rotatable bonds is 4. The van der Waals surface area contributed by atoms with Crippen LogP contribution < -0.4 is 0 Å². The van der Waals surface area contributed by atoms with E-state index in [4.69, 9.17) is 0 Å². The highest BCUT2D eigenvalue weighted by Crippen LogP contribution is 2.59. The van der Waals surface area contributed by atoms with E-state index < -0.39 is 56.3 Å². The third-order valence-electron chi connectivity index (χ3n) is 6.05. The number of aromatic amines is 1. The maximum absolute atomic E-state index is 15.8. The van der Waals surface area contributed by atoms with Gasteiger partial charge in [0.25, 0.3) is 0 Å². The molecule has 5 rings (SSSR count). The van der Waals surface area contributed by atoms with Crippen molar-refractivity contribution in [3.8, 4) is 0 Å². The molecule has 2 aliphatic rings. The first kappa shape index (κ1) is 22.8. The van der Waals surface area contributed by atoms with Gasteiger partial charge in [0.15, 0.2) is 0 Å². The van der Waals surface area contributed by atoms with E-state index in [1.807, 2.05) is 0 Å². The van der Waals surface area contributed by atoms with E-state index in [2.05, 4.69) is 15.2 Å². The number of sulfonamides is 1. The Hall–Kier alpha value is -2.93. The van der Waals surface area contributed by atoms with Gasteiger partial charge in [-0.2, -0.15) is 31.4 Å². The highest BCUT2D eigenvalue weighted by molar-refractivity contribution is 7.89. The van der Waals surface area contributed by atoms with Crippen molar-refractivity contribution in [1.82, 2.24) is 19.5 Å². The molecule has 1 aromatic carbocycles. The molecule has 0 saturated heterocycles. The van der Waals surface area contributed by atoms with Crippen molar-refractivity contribution in [2.24, 2.45) is 5.92 Å². The second-order valence-corrected chi connectivity index (χ2v) is 10.1. The molecule has 1 N–H and O–H groups in total. The minimum absolute atomic E-state index is 0.00527. The van der Waals surface area contributed by atoms with E-state index in [0.717, 1.165) is 30.5 Å². The molecular formula is C21H16F6N4O2S. The molecule has 6 nitrogen and oxygen atoms in total. The summed E-state index contributed by atoms with van der Waals surface area (Å²) in [6.45, 7) is 0. The number of nitrogens with one attached hydrogen (secondary N) is 1. The van der Waals surface area contributed by atoms with Gasteiger partial charge < -0.3 is 0 Å². The molecule has 180 valence electrons. The van der Waals surface area contributed by atoms with Crippen LogP contribution in [0.3, 0.4) is 0 Å². The summed E-state index contributed by atoms with van der Waals surface area (Å²) in [5.41, 5.74) is -2.05. The van der Waals surface area contributed by atoms with Gasteiger partial charge in [-0.25, -0.2) is 12.8 Å². The van der Waals surface area contributed by atoms with Crippen LogP contribution >= 0.6 is 0 Å². The number of H-pyrrole nitrogens is 1. The van der Waals surface area contributed by atoms with E-state index >= 15 is 8.78 Å². The topological polar surface area (TPSA) is 79.0 Å². The van der Waals surface area contributed by atoms with Gasteiger partial charge in [-0.05, 0) is 48.6 Å². The lowest BCUT2D eigenvalue weighted by atomic mass is 9.87. The summed E-state index contributed by atoms with van der Waals surface area (Å²) in [5, 5.41) is 5.98. The van der Waals surface area contributed by atoms with Crippen LogP contribution in [0.2, 0.25) is 0 Å². The average Bonchev–Trinajstić information content (AvgIpc) is 3.48. The SMILES string of the molecule is O=S(=O)(c1ccc(C(F)(F)F)nc1)N1[C@@H](C2CC2)c2cn[nH]c2C(F)(F)[C@@H]1c1ccc(F)cc1. The van der Waals surface area contributed by atoms with Crippen LogP contribution in [0.25, 0.3) is 0 Å². The molecule has 13 heteroatoms. The molecule has 0 amide bonds. The van der Waals surface area contributed by atoms with Gasteiger partial charge in [0.1, 0.15) is 28.1 Å². The van der Waals surface area contributed by atoms with E-state index in [-0.39, 0.29) is 17.0 Å². The zero-order valence-electron chi connectivity index (χ0n) is 17.1. The van der Waals surface area contributed by atoms with Gasteiger partial charge in [0, 0.05) is 11.8 Å². The number of aromatic nitrogens is 3. The molecule has 0 radical (unpaired) electrons. The van der Waals surface area contributed by atoms with Crippen molar-refractivity contribution in [2.75, 3.05) is 0 Å². The molecule has 2 aromatic heterocycles. The van der Waals surface area contributed by atoms with Crippen LogP contribution in [0.4, 0.5) is 26.3 Å². The van der Waals surface area contributed by atoms with Crippen molar-refractivity contribution in [1.29, 1.82) is 0 Å². The van der Waals surface area contributed by atoms with Gasteiger partial charge in [-0.3, -0.25) is 10.1 Å².